The second-order valence-electron chi connectivity index (χ2n) is 6.37. The van der Waals surface area contributed by atoms with Crippen molar-refractivity contribution in [3.63, 3.8) is 0 Å². The van der Waals surface area contributed by atoms with Crippen LogP contribution < -0.4 is 5.32 Å². The average Bonchev–Trinajstić information content (AvgIpc) is 2.49. The molecule has 1 amide bonds. The van der Waals surface area contributed by atoms with E-state index in [4.69, 9.17) is 9.84 Å². The van der Waals surface area contributed by atoms with Crippen LogP contribution in [-0.2, 0) is 14.3 Å². The molecule has 5 nitrogen and oxygen atoms in total. The van der Waals surface area contributed by atoms with E-state index in [1.165, 1.54) is 0 Å². The smallest absolute Gasteiger partial charge is 0.303 e. The van der Waals surface area contributed by atoms with E-state index in [2.05, 4.69) is 12.2 Å². The Morgan fingerprint density at radius 2 is 1.82 bits per heavy atom. The Morgan fingerprint density at radius 3 is 2.50 bits per heavy atom. The molecular formula is C17H31NO4. The summed E-state index contributed by atoms with van der Waals surface area (Å²) < 4.78 is 5.46. The van der Waals surface area contributed by atoms with Gasteiger partial charge in [-0.3, -0.25) is 9.59 Å². The highest BCUT2D eigenvalue weighted by atomic mass is 16.5. The van der Waals surface area contributed by atoms with Gasteiger partial charge in [0.2, 0.25) is 5.91 Å². The summed E-state index contributed by atoms with van der Waals surface area (Å²) in [7, 11) is 1.73. The maximum atomic E-state index is 12.2. The Balaban J connectivity index is 2.09. The van der Waals surface area contributed by atoms with E-state index >= 15 is 0 Å². The number of aliphatic carboxylic acids is 1. The van der Waals surface area contributed by atoms with Crippen molar-refractivity contribution in [1.82, 2.24) is 5.32 Å². The first-order valence-corrected chi connectivity index (χ1v) is 8.58. The molecule has 22 heavy (non-hydrogen) atoms. The normalized spacial score (nSPS) is 24.9. The van der Waals surface area contributed by atoms with Gasteiger partial charge in [0.25, 0.3) is 0 Å². The van der Waals surface area contributed by atoms with Crippen LogP contribution in [0.2, 0.25) is 0 Å². The molecule has 1 rings (SSSR count). The lowest BCUT2D eigenvalue weighted by atomic mass is 9.78. The lowest BCUT2D eigenvalue weighted by Gasteiger charge is -2.34. The molecule has 1 aliphatic carbocycles. The van der Waals surface area contributed by atoms with Gasteiger partial charge >= 0.3 is 5.97 Å². The molecule has 0 aliphatic heterocycles. The number of unbranched alkanes of at least 4 members (excludes halogenated alkanes) is 4. The van der Waals surface area contributed by atoms with Gasteiger partial charge in [0.05, 0.1) is 6.10 Å². The Morgan fingerprint density at radius 1 is 1.14 bits per heavy atom. The quantitative estimate of drug-likeness (QED) is 0.608. The molecule has 0 heterocycles. The zero-order valence-electron chi connectivity index (χ0n) is 14.0. The minimum atomic E-state index is -0.719. The molecule has 0 radical (unpaired) electrons. The van der Waals surface area contributed by atoms with Crippen molar-refractivity contribution in [2.75, 3.05) is 13.7 Å². The summed E-state index contributed by atoms with van der Waals surface area (Å²) in [6, 6.07) is 0. The lowest BCUT2D eigenvalue weighted by Crippen LogP contribution is -2.41. The van der Waals surface area contributed by atoms with Crippen molar-refractivity contribution in [1.29, 1.82) is 0 Å². The maximum Gasteiger partial charge on any atom is 0.303 e. The fourth-order valence-electron chi connectivity index (χ4n) is 3.30. The number of carboxylic acid groups (broad SMARTS) is 1. The number of hydrogen-bond donors (Lipinski definition) is 2. The zero-order valence-corrected chi connectivity index (χ0v) is 14.0. The third kappa shape index (κ3) is 6.77. The number of nitrogens with one attached hydrogen (secondary N) is 1. The van der Waals surface area contributed by atoms with E-state index in [0.717, 1.165) is 57.9 Å². The molecule has 0 aromatic rings. The summed E-state index contributed by atoms with van der Waals surface area (Å²) in [6.45, 7) is 2.83. The molecule has 128 valence electrons. The van der Waals surface area contributed by atoms with Crippen LogP contribution in [0.1, 0.15) is 64.7 Å². The van der Waals surface area contributed by atoms with E-state index in [0.29, 0.717) is 0 Å². The van der Waals surface area contributed by atoms with Gasteiger partial charge < -0.3 is 15.2 Å². The van der Waals surface area contributed by atoms with Crippen LogP contribution in [0.15, 0.2) is 0 Å². The first kappa shape index (κ1) is 18.9. The largest absolute Gasteiger partial charge is 0.481 e. The van der Waals surface area contributed by atoms with Gasteiger partial charge in [-0.05, 0) is 31.6 Å². The Kier molecular flexibility index (Phi) is 9.13. The zero-order chi connectivity index (χ0) is 16.4. The average molecular weight is 313 g/mol. The van der Waals surface area contributed by atoms with Crippen molar-refractivity contribution in [3.8, 4) is 0 Å². The molecule has 0 spiro atoms. The molecule has 5 heteroatoms. The van der Waals surface area contributed by atoms with Crippen LogP contribution in [0, 0.1) is 11.8 Å². The minimum Gasteiger partial charge on any atom is -0.481 e. The van der Waals surface area contributed by atoms with Crippen molar-refractivity contribution >= 4 is 11.9 Å². The standard InChI is InChI=1S/C17H31NO4/c1-13-14(9-8-10-15(13)22-2)17(21)18-12-7-5-3-4-6-11-16(19)20/h13-15H,3-12H2,1-2H3,(H,18,21)(H,19,20). The van der Waals surface area contributed by atoms with Crippen LogP contribution in [0.25, 0.3) is 0 Å². The predicted octanol–water partition coefficient (Wildman–Crippen LogP) is 2.98. The van der Waals surface area contributed by atoms with Gasteiger partial charge in [-0.2, -0.15) is 0 Å². The number of carboxylic acids is 1. The van der Waals surface area contributed by atoms with E-state index in [-0.39, 0.29) is 30.3 Å². The molecular weight excluding hydrogens is 282 g/mol. The predicted molar refractivity (Wildman–Crippen MR) is 85.6 cm³/mol. The summed E-state index contributed by atoms with van der Waals surface area (Å²) >= 11 is 0. The topological polar surface area (TPSA) is 75.6 Å². The van der Waals surface area contributed by atoms with E-state index < -0.39 is 5.97 Å². The van der Waals surface area contributed by atoms with E-state index in [1.807, 2.05) is 0 Å². The molecule has 1 aliphatic rings. The van der Waals surface area contributed by atoms with Gasteiger partial charge in [0.1, 0.15) is 0 Å². The second-order valence-corrected chi connectivity index (χ2v) is 6.37. The van der Waals surface area contributed by atoms with Crippen LogP contribution in [0.4, 0.5) is 0 Å². The summed E-state index contributed by atoms with van der Waals surface area (Å²) in [5, 5.41) is 11.6. The second kappa shape index (κ2) is 10.6. The van der Waals surface area contributed by atoms with Crippen LogP contribution in [0.3, 0.4) is 0 Å². The summed E-state index contributed by atoms with van der Waals surface area (Å²) in [6.07, 6.45) is 8.29. The molecule has 0 bridgehead atoms. The third-order valence-electron chi connectivity index (χ3n) is 4.73. The Hall–Kier alpha value is -1.10. The van der Waals surface area contributed by atoms with E-state index in [9.17, 15) is 9.59 Å². The Bertz CT molecular complexity index is 346. The van der Waals surface area contributed by atoms with Crippen molar-refractivity contribution in [2.45, 2.75) is 70.8 Å². The highest BCUT2D eigenvalue weighted by Gasteiger charge is 2.34. The summed E-state index contributed by atoms with van der Waals surface area (Å²) in [5.41, 5.74) is 0. The lowest BCUT2D eigenvalue weighted by molar-refractivity contribution is -0.137. The van der Waals surface area contributed by atoms with E-state index in [1.54, 1.807) is 7.11 Å². The molecule has 1 fully saturated rings. The number of ether oxygens (including phenoxy) is 1. The van der Waals surface area contributed by atoms with Gasteiger partial charge in [-0.1, -0.05) is 32.6 Å². The maximum absolute atomic E-state index is 12.2. The van der Waals surface area contributed by atoms with Gasteiger partial charge in [0.15, 0.2) is 0 Å². The van der Waals surface area contributed by atoms with Gasteiger partial charge in [0, 0.05) is 26.0 Å². The molecule has 0 saturated heterocycles. The van der Waals surface area contributed by atoms with Gasteiger partial charge in [-0.25, -0.2) is 0 Å². The Labute approximate surface area is 133 Å². The summed E-state index contributed by atoms with van der Waals surface area (Å²) in [5.74, 6) is -0.188. The van der Waals surface area contributed by atoms with Crippen molar-refractivity contribution < 1.29 is 19.4 Å². The number of amides is 1. The minimum absolute atomic E-state index is 0.0780. The highest BCUT2D eigenvalue weighted by molar-refractivity contribution is 5.79. The molecule has 0 aromatic carbocycles. The molecule has 2 N–H and O–H groups in total. The number of methoxy groups -OCH3 is 1. The number of hydrogen-bond acceptors (Lipinski definition) is 3. The SMILES string of the molecule is COC1CCCC(C(=O)NCCCCCCCC(=O)O)C1C. The first-order chi connectivity index (χ1) is 10.6. The van der Waals surface area contributed by atoms with Crippen LogP contribution >= 0.6 is 0 Å². The number of carbonyl (C=O) groups excluding carboxylic acids is 1. The first-order valence-electron chi connectivity index (χ1n) is 8.58. The number of rotatable bonds is 10. The fourth-order valence-corrected chi connectivity index (χ4v) is 3.30. The molecule has 0 aromatic heterocycles. The van der Waals surface area contributed by atoms with Crippen LogP contribution in [0.5, 0.6) is 0 Å². The molecule has 3 unspecified atom stereocenters. The van der Waals surface area contributed by atoms with Crippen LogP contribution in [-0.4, -0.2) is 36.7 Å². The monoisotopic (exact) mass is 313 g/mol. The fraction of sp³-hybridized carbons (Fsp3) is 0.882. The molecule has 1 saturated carbocycles. The highest BCUT2D eigenvalue weighted by Crippen LogP contribution is 2.31. The number of carbonyl (C=O) groups is 2. The van der Waals surface area contributed by atoms with Crippen molar-refractivity contribution in [2.24, 2.45) is 11.8 Å². The summed E-state index contributed by atoms with van der Waals surface area (Å²) in [4.78, 5) is 22.6. The van der Waals surface area contributed by atoms with Gasteiger partial charge in [-0.15, -0.1) is 0 Å². The third-order valence-corrected chi connectivity index (χ3v) is 4.73. The van der Waals surface area contributed by atoms with Crippen molar-refractivity contribution in [3.05, 3.63) is 0 Å². The molecule has 3 atom stereocenters.